The van der Waals surface area contributed by atoms with E-state index in [1.54, 1.807) is 43.0 Å². The zero-order valence-electron chi connectivity index (χ0n) is 33.2. The van der Waals surface area contributed by atoms with Gasteiger partial charge in [0.2, 0.25) is 0 Å². The van der Waals surface area contributed by atoms with Crippen LogP contribution in [0.15, 0.2) is 111 Å². The molecule has 0 atom stereocenters. The van der Waals surface area contributed by atoms with Gasteiger partial charge in [-0.1, -0.05) is 77.9 Å². The topological polar surface area (TPSA) is 160 Å². The number of aryl methyl sites for hydroxylation is 4. The molecular formula is C44H42FeN6O4. The van der Waals surface area contributed by atoms with Gasteiger partial charge in [-0.05, 0) is 94.9 Å². The molecular weight excluding hydrogens is 732 g/mol. The van der Waals surface area contributed by atoms with Crippen molar-refractivity contribution in [2.45, 2.75) is 53.4 Å². The number of carboxylic acids is 2. The van der Waals surface area contributed by atoms with Crippen LogP contribution in [0.4, 0.5) is 0 Å². The molecule has 7 rings (SSSR count). The number of pyridine rings is 2. The van der Waals surface area contributed by atoms with Crippen molar-refractivity contribution in [2.24, 2.45) is 0 Å². The van der Waals surface area contributed by atoms with Crippen molar-refractivity contribution in [3.8, 4) is 0 Å². The Balaban J connectivity index is 0.000000638. The molecule has 0 unspecified atom stereocenters. The Morgan fingerprint density at radius 1 is 0.600 bits per heavy atom. The number of carbonyl (C=O) groups excluding carboxylic acids is 2. The Hall–Kier alpha value is -6.16. The van der Waals surface area contributed by atoms with Crippen LogP contribution < -0.4 is 20.2 Å². The van der Waals surface area contributed by atoms with Gasteiger partial charge >= 0.3 is 19.9 Å². The van der Waals surface area contributed by atoms with E-state index in [9.17, 15) is 19.8 Å². The van der Waals surface area contributed by atoms with Gasteiger partial charge < -0.3 is 29.8 Å². The van der Waals surface area contributed by atoms with Crippen LogP contribution in [0.5, 0.6) is 0 Å². The van der Waals surface area contributed by atoms with E-state index in [1.807, 2.05) is 82.3 Å². The minimum Gasteiger partial charge on any atom is -0.657 e. The quantitative estimate of drug-likeness (QED) is 0.167. The molecule has 0 amide bonds. The predicted molar refractivity (Wildman–Crippen MR) is 211 cm³/mol. The summed E-state index contributed by atoms with van der Waals surface area (Å²) in [6.07, 6.45) is 10.6. The number of aliphatic carboxylic acids is 2. The first kappa shape index (κ1) is 41.6. The standard InChI is InChI=1S/C34H34N4O4.2C5H5N.Fe/c1-7-21-17(3)25-13-26-19(5)23(9-11-33(39)40)31(37-26)16-32-24(10-12-34(41)42)20(6)28(38-32)15-30-22(8-2)18(4)27(36-30)14-29(21)35-25;2*1-2-4-6-5-3-1;/h7-8,13-16H,1-2,9-12H2,3-6H3,(H4,35,36,37,38,39,40,41,42);2*1-5H;/q;;;+2/p-2. The van der Waals surface area contributed by atoms with Gasteiger partial charge in [0.25, 0.3) is 0 Å². The van der Waals surface area contributed by atoms with Crippen molar-refractivity contribution < 1.29 is 39.7 Å². The van der Waals surface area contributed by atoms with Crippen LogP contribution in [-0.4, -0.2) is 31.9 Å². The summed E-state index contributed by atoms with van der Waals surface area (Å²) in [4.78, 5) is 50.0. The molecule has 8 bridgehead atoms. The summed E-state index contributed by atoms with van der Waals surface area (Å²) in [5.41, 5.74) is 12.2. The maximum Gasteiger partial charge on any atom is 2.00 e. The van der Waals surface area contributed by atoms with Crippen molar-refractivity contribution in [3.05, 3.63) is 156 Å². The third kappa shape index (κ3) is 10.1. The van der Waals surface area contributed by atoms with Gasteiger partial charge in [-0.2, -0.15) is 0 Å². The van der Waals surface area contributed by atoms with Gasteiger partial charge in [-0.15, -0.1) is 22.1 Å². The second kappa shape index (κ2) is 19.3. The van der Waals surface area contributed by atoms with Gasteiger partial charge in [0.05, 0.1) is 22.8 Å². The molecule has 10 nitrogen and oxygen atoms in total. The number of rotatable bonds is 8. The van der Waals surface area contributed by atoms with Crippen LogP contribution >= 0.6 is 0 Å². The number of carbonyl (C=O) groups is 2. The third-order valence-electron chi connectivity index (χ3n) is 9.18. The van der Waals surface area contributed by atoms with Crippen LogP contribution in [-0.2, 0) is 39.5 Å². The maximum absolute atomic E-state index is 11.4. The third-order valence-corrected chi connectivity index (χ3v) is 9.18. The molecule has 5 aromatic rings. The van der Waals surface area contributed by atoms with Crippen LogP contribution in [0, 0.1) is 13.8 Å². The zero-order valence-corrected chi connectivity index (χ0v) is 32.3. The minimum absolute atomic E-state index is 0. The first-order chi connectivity index (χ1) is 26.0. The number of aromatic nitrogens is 6. The van der Waals surface area contributed by atoms with Gasteiger partial charge in [-0.25, -0.2) is 9.97 Å². The van der Waals surface area contributed by atoms with E-state index in [0.29, 0.717) is 27.8 Å². The summed E-state index contributed by atoms with van der Waals surface area (Å²) in [7, 11) is 0. The molecule has 280 valence electrons. The van der Waals surface area contributed by atoms with Crippen molar-refractivity contribution in [1.29, 1.82) is 0 Å². The van der Waals surface area contributed by atoms with Crippen molar-refractivity contribution >= 4 is 56.3 Å². The van der Waals surface area contributed by atoms with Crippen LogP contribution in [0.1, 0.15) is 74.6 Å². The maximum atomic E-state index is 11.4. The Bertz CT molecular complexity index is 2360. The first-order valence-corrected chi connectivity index (χ1v) is 17.4. The monoisotopic (exact) mass is 774 g/mol. The number of nitrogens with zero attached hydrogens (tertiary/aromatic N) is 6. The fraction of sp³-hybridized carbons (Fsp3) is 0.182. The molecule has 2 aliphatic rings. The second-order valence-corrected chi connectivity index (χ2v) is 12.6. The SMILES string of the molecule is C=CC1=C(C)c2cc3[n-]c(cc4[n-]c(cc5nc(cc1n2)C(C)=C5C=C)c(C)c4CCC(=O)[O-])c(CCC(=O)[O-])c3C.[Fe+2].[H+].[H+].c1ccncc1.c1ccncc1. The molecule has 0 aliphatic carbocycles. The minimum atomic E-state index is -1.16. The van der Waals surface area contributed by atoms with E-state index in [-0.39, 0.29) is 45.6 Å². The molecule has 5 aromatic heterocycles. The van der Waals surface area contributed by atoms with Crippen molar-refractivity contribution in [1.82, 2.24) is 29.9 Å². The first-order valence-electron chi connectivity index (χ1n) is 17.4. The van der Waals surface area contributed by atoms with Crippen LogP contribution in [0.3, 0.4) is 0 Å². The largest absolute Gasteiger partial charge is 2.00 e. The Labute approximate surface area is 334 Å². The van der Waals surface area contributed by atoms with Gasteiger partial charge in [0, 0.05) is 47.9 Å². The Morgan fingerprint density at radius 2 is 0.982 bits per heavy atom. The fourth-order valence-corrected chi connectivity index (χ4v) is 6.23. The molecule has 2 aliphatic heterocycles. The second-order valence-electron chi connectivity index (χ2n) is 12.6. The van der Waals surface area contributed by atoms with E-state index >= 15 is 0 Å². The van der Waals surface area contributed by atoms with E-state index in [1.165, 1.54) is 0 Å². The smallest absolute Gasteiger partial charge is 0.657 e. The van der Waals surface area contributed by atoms with E-state index in [2.05, 4.69) is 23.1 Å². The van der Waals surface area contributed by atoms with Gasteiger partial charge in [-0.3, -0.25) is 9.97 Å². The molecule has 0 spiro atoms. The van der Waals surface area contributed by atoms with E-state index in [0.717, 1.165) is 61.6 Å². The molecule has 0 aromatic carbocycles. The van der Waals surface area contributed by atoms with Gasteiger partial charge in [0.1, 0.15) is 0 Å². The Kier molecular flexibility index (Phi) is 14.6. The van der Waals surface area contributed by atoms with Crippen molar-refractivity contribution in [2.75, 3.05) is 0 Å². The summed E-state index contributed by atoms with van der Waals surface area (Å²) in [6, 6.07) is 18.9. The summed E-state index contributed by atoms with van der Waals surface area (Å²) in [5, 5.41) is 22.8. The number of fused-ring (bicyclic) bond motifs is 8. The van der Waals surface area contributed by atoms with Crippen molar-refractivity contribution in [3.63, 3.8) is 0 Å². The molecule has 55 heavy (non-hydrogen) atoms. The normalized spacial score (nSPS) is 11.7. The van der Waals surface area contributed by atoms with Gasteiger partial charge in [0.15, 0.2) is 0 Å². The molecule has 11 heteroatoms. The summed E-state index contributed by atoms with van der Waals surface area (Å²) in [5.74, 6) is -2.31. The number of allylic oxidation sites excluding steroid dienone is 6. The van der Waals surface area contributed by atoms with E-state index in [4.69, 9.17) is 19.9 Å². The molecule has 0 saturated carbocycles. The number of hydrogen-bond donors (Lipinski definition) is 0. The summed E-state index contributed by atoms with van der Waals surface area (Å²) < 4.78 is 0. The predicted octanol–water partition coefficient (Wildman–Crippen LogP) is 6.17. The fourth-order valence-electron chi connectivity index (χ4n) is 6.23. The molecule has 0 N–H and O–H groups in total. The van der Waals surface area contributed by atoms with E-state index < -0.39 is 11.9 Å². The number of hydrogen-bond acceptors (Lipinski definition) is 8. The molecule has 7 heterocycles. The van der Waals surface area contributed by atoms with Crippen LogP contribution in [0.25, 0.3) is 44.4 Å². The molecule has 0 fully saturated rings. The molecule has 0 radical (unpaired) electrons. The average Bonchev–Trinajstić information content (AvgIpc) is 3.84. The summed E-state index contributed by atoms with van der Waals surface area (Å²) >= 11 is 0. The zero-order chi connectivity index (χ0) is 38.8. The average molecular weight is 775 g/mol. The Morgan fingerprint density at radius 3 is 1.33 bits per heavy atom. The number of carboxylic acid groups (broad SMARTS) is 2. The van der Waals surface area contributed by atoms with Crippen LogP contribution in [0.2, 0.25) is 0 Å². The summed E-state index contributed by atoms with van der Waals surface area (Å²) in [6.45, 7) is 15.8. The molecule has 0 saturated heterocycles.